The van der Waals surface area contributed by atoms with Crippen molar-refractivity contribution in [2.75, 3.05) is 5.32 Å². The minimum Gasteiger partial charge on any atom is -0.356 e. The Morgan fingerprint density at radius 3 is 2.12 bits per heavy atom. The van der Waals surface area contributed by atoms with Gasteiger partial charge in [0.15, 0.2) is 0 Å². The summed E-state index contributed by atoms with van der Waals surface area (Å²) in [6.45, 7) is 17.4. The van der Waals surface area contributed by atoms with Crippen LogP contribution in [0.15, 0.2) is 55.6 Å². The maximum absolute atomic E-state index is 4.22. The fraction of sp³-hybridized carbons (Fsp3) is 0.333. The SMILES string of the molecule is C=Cc1ccc(C(=C)Nc2ccc3c(c2)C(C)(C)CCC3(C)C)cc1. The lowest BCUT2D eigenvalue weighted by Crippen LogP contribution is -2.33. The smallest absolute Gasteiger partial charge is 0.0387 e. The van der Waals surface area contributed by atoms with E-state index in [0.29, 0.717) is 0 Å². The average molecular weight is 332 g/mol. The van der Waals surface area contributed by atoms with Crippen LogP contribution in [0.1, 0.15) is 62.8 Å². The molecule has 1 aliphatic carbocycles. The molecule has 0 amide bonds. The van der Waals surface area contributed by atoms with E-state index in [4.69, 9.17) is 0 Å². The van der Waals surface area contributed by atoms with Crippen molar-refractivity contribution >= 4 is 17.5 Å². The molecule has 0 spiro atoms. The fourth-order valence-corrected chi connectivity index (χ4v) is 3.73. The number of nitrogens with one attached hydrogen (secondary N) is 1. The second-order valence-electron chi connectivity index (χ2n) is 8.46. The Bertz CT molecular complexity index is 806. The zero-order valence-electron chi connectivity index (χ0n) is 15.9. The quantitative estimate of drug-likeness (QED) is 0.652. The molecular formula is C24H29N. The van der Waals surface area contributed by atoms with Crippen molar-refractivity contribution in [3.05, 3.63) is 77.9 Å². The van der Waals surface area contributed by atoms with E-state index in [1.807, 2.05) is 6.08 Å². The topological polar surface area (TPSA) is 12.0 Å². The van der Waals surface area contributed by atoms with Crippen LogP contribution >= 0.6 is 0 Å². The molecule has 25 heavy (non-hydrogen) atoms. The van der Waals surface area contributed by atoms with E-state index >= 15 is 0 Å². The van der Waals surface area contributed by atoms with E-state index < -0.39 is 0 Å². The van der Waals surface area contributed by atoms with Crippen molar-refractivity contribution in [2.24, 2.45) is 0 Å². The third kappa shape index (κ3) is 3.42. The van der Waals surface area contributed by atoms with Gasteiger partial charge in [0.25, 0.3) is 0 Å². The Labute approximate surface area is 152 Å². The van der Waals surface area contributed by atoms with E-state index in [9.17, 15) is 0 Å². The lowest BCUT2D eigenvalue weighted by atomic mass is 9.63. The van der Waals surface area contributed by atoms with E-state index in [1.54, 1.807) is 0 Å². The Kier molecular flexibility index (Phi) is 4.36. The Morgan fingerprint density at radius 1 is 0.920 bits per heavy atom. The molecule has 0 radical (unpaired) electrons. The van der Waals surface area contributed by atoms with E-state index in [1.165, 1.54) is 24.0 Å². The highest BCUT2D eigenvalue weighted by molar-refractivity contribution is 5.76. The van der Waals surface area contributed by atoms with Gasteiger partial charge in [0, 0.05) is 11.4 Å². The first-order valence-electron chi connectivity index (χ1n) is 9.07. The first-order chi connectivity index (χ1) is 11.7. The van der Waals surface area contributed by atoms with Crippen LogP contribution in [0.5, 0.6) is 0 Å². The molecule has 0 heterocycles. The summed E-state index contributed by atoms with van der Waals surface area (Å²) in [5, 5.41) is 3.49. The summed E-state index contributed by atoms with van der Waals surface area (Å²) in [6.07, 6.45) is 4.32. The van der Waals surface area contributed by atoms with Gasteiger partial charge in [-0.15, -0.1) is 0 Å². The highest BCUT2D eigenvalue weighted by Gasteiger charge is 2.36. The van der Waals surface area contributed by atoms with Gasteiger partial charge in [-0.3, -0.25) is 0 Å². The van der Waals surface area contributed by atoms with E-state index in [2.05, 4.69) is 88.6 Å². The van der Waals surface area contributed by atoms with Crippen molar-refractivity contribution in [3.8, 4) is 0 Å². The van der Waals surface area contributed by atoms with Gasteiger partial charge in [0.2, 0.25) is 0 Å². The van der Waals surface area contributed by atoms with Gasteiger partial charge in [0.1, 0.15) is 0 Å². The van der Waals surface area contributed by atoms with E-state index in [0.717, 1.165) is 22.5 Å². The molecule has 0 aliphatic heterocycles. The molecule has 1 heteroatoms. The van der Waals surface area contributed by atoms with Gasteiger partial charge in [-0.25, -0.2) is 0 Å². The Balaban J connectivity index is 1.89. The molecule has 0 saturated carbocycles. The second kappa shape index (κ2) is 6.22. The maximum atomic E-state index is 4.22. The number of benzene rings is 2. The van der Waals surface area contributed by atoms with Gasteiger partial charge in [-0.05, 0) is 58.1 Å². The van der Waals surface area contributed by atoms with Crippen LogP contribution < -0.4 is 5.32 Å². The first kappa shape index (κ1) is 17.5. The van der Waals surface area contributed by atoms with Crippen LogP contribution in [-0.2, 0) is 10.8 Å². The molecule has 0 atom stereocenters. The first-order valence-corrected chi connectivity index (χ1v) is 9.07. The second-order valence-corrected chi connectivity index (χ2v) is 8.46. The third-order valence-corrected chi connectivity index (χ3v) is 5.64. The van der Waals surface area contributed by atoms with Crippen LogP contribution in [-0.4, -0.2) is 0 Å². The maximum Gasteiger partial charge on any atom is 0.0387 e. The average Bonchev–Trinajstić information content (AvgIpc) is 2.59. The monoisotopic (exact) mass is 331 g/mol. The molecule has 0 unspecified atom stereocenters. The molecule has 0 fully saturated rings. The summed E-state index contributed by atoms with van der Waals surface area (Å²) in [5.74, 6) is 0. The van der Waals surface area contributed by atoms with Crippen LogP contribution in [0.3, 0.4) is 0 Å². The zero-order valence-corrected chi connectivity index (χ0v) is 15.9. The zero-order chi connectivity index (χ0) is 18.2. The van der Waals surface area contributed by atoms with Crippen LogP contribution in [0.2, 0.25) is 0 Å². The Morgan fingerprint density at radius 2 is 1.52 bits per heavy atom. The van der Waals surface area contributed by atoms with Gasteiger partial charge < -0.3 is 5.32 Å². The van der Waals surface area contributed by atoms with Gasteiger partial charge in [-0.1, -0.05) is 77.3 Å². The van der Waals surface area contributed by atoms with Crippen molar-refractivity contribution in [3.63, 3.8) is 0 Å². The molecule has 1 aliphatic rings. The molecule has 1 N–H and O–H groups in total. The standard InChI is InChI=1S/C24H29N/c1-7-18-8-10-19(11-9-18)17(2)25-20-12-13-21-22(16-20)24(5,6)15-14-23(21,3)4/h7-13,16,25H,1-2,14-15H2,3-6H3. The number of hydrogen-bond donors (Lipinski definition) is 1. The predicted molar refractivity (Wildman–Crippen MR) is 111 cm³/mol. The van der Waals surface area contributed by atoms with Gasteiger partial charge in [-0.2, -0.15) is 0 Å². The molecule has 0 bridgehead atoms. The largest absolute Gasteiger partial charge is 0.356 e. The summed E-state index contributed by atoms with van der Waals surface area (Å²) in [4.78, 5) is 0. The number of anilines is 1. The van der Waals surface area contributed by atoms with Crippen molar-refractivity contribution in [1.29, 1.82) is 0 Å². The summed E-state index contributed by atoms with van der Waals surface area (Å²) in [6, 6.07) is 15.1. The molecule has 130 valence electrons. The minimum absolute atomic E-state index is 0.218. The third-order valence-electron chi connectivity index (χ3n) is 5.64. The minimum atomic E-state index is 0.218. The van der Waals surface area contributed by atoms with Crippen molar-refractivity contribution in [2.45, 2.75) is 51.4 Å². The van der Waals surface area contributed by atoms with Crippen molar-refractivity contribution in [1.82, 2.24) is 0 Å². The fourth-order valence-electron chi connectivity index (χ4n) is 3.73. The van der Waals surface area contributed by atoms with E-state index in [-0.39, 0.29) is 10.8 Å². The summed E-state index contributed by atoms with van der Waals surface area (Å²) < 4.78 is 0. The lowest BCUT2D eigenvalue weighted by molar-refractivity contribution is 0.332. The molecule has 3 rings (SSSR count). The highest BCUT2D eigenvalue weighted by atomic mass is 14.9. The van der Waals surface area contributed by atoms with Gasteiger partial charge >= 0.3 is 0 Å². The summed E-state index contributed by atoms with van der Waals surface area (Å²) in [7, 11) is 0. The molecule has 0 aromatic heterocycles. The molecular weight excluding hydrogens is 302 g/mol. The van der Waals surface area contributed by atoms with Crippen LogP contribution in [0, 0.1) is 0 Å². The van der Waals surface area contributed by atoms with Crippen molar-refractivity contribution < 1.29 is 0 Å². The number of rotatable bonds is 4. The summed E-state index contributed by atoms with van der Waals surface area (Å²) >= 11 is 0. The number of fused-ring (bicyclic) bond motifs is 1. The summed E-state index contributed by atoms with van der Waals surface area (Å²) in [5.41, 5.74) is 7.66. The molecule has 2 aromatic carbocycles. The molecule has 2 aromatic rings. The van der Waals surface area contributed by atoms with Crippen LogP contribution in [0.4, 0.5) is 5.69 Å². The molecule has 0 saturated heterocycles. The van der Waals surface area contributed by atoms with Crippen LogP contribution in [0.25, 0.3) is 11.8 Å². The van der Waals surface area contributed by atoms with Gasteiger partial charge in [0.05, 0.1) is 0 Å². The molecule has 1 nitrogen and oxygen atoms in total. The lowest BCUT2D eigenvalue weighted by Gasteiger charge is -2.42. The predicted octanol–water partition coefficient (Wildman–Crippen LogP) is 6.76. The normalized spacial score (nSPS) is 17.4. The highest BCUT2D eigenvalue weighted by Crippen LogP contribution is 2.46. The number of hydrogen-bond acceptors (Lipinski definition) is 1. The Hall–Kier alpha value is -2.28.